The van der Waals surface area contributed by atoms with Gasteiger partial charge in [-0.1, -0.05) is 38.1 Å². The molecule has 4 nitrogen and oxygen atoms in total. The third-order valence-electron chi connectivity index (χ3n) is 3.09. The van der Waals surface area contributed by atoms with Crippen molar-refractivity contribution in [1.29, 1.82) is 0 Å². The van der Waals surface area contributed by atoms with Gasteiger partial charge < -0.3 is 21.0 Å². The SMILES string of the molecule is CC(=[N-])c1ccc(C)cc1O.CC(=[N-])c1ccc(C)cc1O.[Pt+2]. The van der Waals surface area contributed by atoms with E-state index in [2.05, 4.69) is 0 Å². The van der Waals surface area contributed by atoms with Gasteiger partial charge in [0.2, 0.25) is 0 Å². The van der Waals surface area contributed by atoms with E-state index in [1.54, 1.807) is 38.1 Å². The van der Waals surface area contributed by atoms with E-state index >= 15 is 0 Å². The van der Waals surface area contributed by atoms with E-state index in [9.17, 15) is 10.2 Å². The van der Waals surface area contributed by atoms with Crippen LogP contribution in [0.3, 0.4) is 0 Å². The molecule has 0 spiro atoms. The molecular formula is C18H20N2O2Pt. The summed E-state index contributed by atoms with van der Waals surface area (Å²) in [5.41, 5.74) is 3.23. The largest absolute Gasteiger partial charge is 2.00 e. The van der Waals surface area contributed by atoms with Crippen LogP contribution in [0.2, 0.25) is 0 Å². The second-order valence-corrected chi connectivity index (χ2v) is 5.21. The van der Waals surface area contributed by atoms with Crippen LogP contribution in [-0.2, 0) is 21.1 Å². The molecule has 0 saturated carbocycles. The molecule has 0 bridgehead atoms. The second kappa shape index (κ2) is 9.26. The van der Waals surface area contributed by atoms with E-state index in [0.717, 1.165) is 11.1 Å². The zero-order chi connectivity index (χ0) is 16.9. The van der Waals surface area contributed by atoms with Gasteiger partial charge in [0.25, 0.3) is 0 Å². The van der Waals surface area contributed by atoms with Crippen LogP contribution in [0.25, 0.3) is 10.8 Å². The number of phenols is 2. The maximum Gasteiger partial charge on any atom is 2.00 e. The maximum absolute atomic E-state index is 9.28. The zero-order valence-electron chi connectivity index (χ0n) is 13.6. The maximum atomic E-state index is 9.28. The van der Waals surface area contributed by atoms with Crippen LogP contribution in [0.4, 0.5) is 0 Å². The van der Waals surface area contributed by atoms with Gasteiger partial charge in [0, 0.05) is 0 Å². The Morgan fingerprint density at radius 3 is 1.26 bits per heavy atom. The fourth-order valence-electron chi connectivity index (χ4n) is 1.90. The summed E-state index contributed by atoms with van der Waals surface area (Å²) >= 11 is 0. The van der Waals surface area contributed by atoms with Gasteiger partial charge in [-0.25, -0.2) is 0 Å². The third-order valence-corrected chi connectivity index (χ3v) is 3.09. The van der Waals surface area contributed by atoms with E-state index in [1.807, 2.05) is 26.0 Å². The Kier molecular flexibility index (Phi) is 8.48. The summed E-state index contributed by atoms with van der Waals surface area (Å²) in [7, 11) is 0. The van der Waals surface area contributed by atoms with Crippen molar-refractivity contribution in [3.05, 3.63) is 69.5 Å². The molecule has 0 fully saturated rings. The van der Waals surface area contributed by atoms with Gasteiger partial charge in [0.05, 0.1) is 0 Å². The normalized spacial score (nSPS) is 9.22. The minimum atomic E-state index is 0. The molecule has 0 heterocycles. The summed E-state index contributed by atoms with van der Waals surface area (Å²) in [6.07, 6.45) is 0. The van der Waals surface area contributed by atoms with E-state index in [-0.39, 0.29) is 44.0 Å². The monoisotopic (exact) mass is 491 g/mol. The number of hydrogen-bond acceptors (Lipinski definition) is 2. The summed E-state index contributed by atoms with van der Waals surface area (Å²) in [4.78, 5) is 0. The number of benzene rings is 2. The average Bonchev–Trinajstić information content (AvgIpc) is 2.38. The standard InChI is InChI=1S/2C9H10NO.Pt/c2*1-6-3-4-8(7(2)10)9(11)5-6;/h2*3-5,11H,1-2H3;/q2*-1;+2. The van der Waals surface area contributed by atoms with Gasteiger partial charge in [-0.3, -0.25) is 0 Å². The van der Waals surface area contributed by atoms with Gasteiger partial charge in [-0.05, 0) is 48.2 Å². The van der Waals surface area contributed by atoms with Gasteiger partial charge >= 0.3 is 21.1 Å². The summed E-state index contributed by atoms with van der Waals surface area (Å²) < 4.78 is 0. The number of aryl methyl sites for hydroxylation is 2. The van der Waals surface area contributed by atoms with E-state index in [4.69, 9.17) is 10.8 Å². The van der Waals surface area contributed by atoms with Crippen molar-refractivity contribution in [3.63, 3.8) is 0 Å². The summed E-state index contributed by atoms with van der Waals surface area (Å²) in [6.45, 7) is 6.86. The molecule has 2 aromatic carbocycles. The van der Waals surface area contributed by atoms with Gasteiger partial charge in [-0.15, -0.1) is 0 Å². The zero-order valence-corrected chi connectivity index (χ0v) is 15.8. The molecule has 0 saturated heterocycles. The first-order chi connectivity index (χ1) is 10.2. The topological polar surface area (TPSA) is 85.1 Å². The van der Waals surface area contributed by atoms with Gasteiger partial charge in [0.1, 0.15) is 11.5 Å². The minimum Gasteiger partial charge on any atom is -0.807 e. The quantitative estimate of drug-likeness (QED) is 0.619. The molecule has 0 amide bonds. The molecule has 0 aromatic heterocycles. The molecule has 2 aromatic rings. The molecule has 0 aliphatic rings. The van der Waals surface area contributed by atoms with Gasteiger partial charge in [0.15, 0.2) is 0 Å². The van der Waals surface area contributed by atoms with Crippen LogP contribution in [0.5, 0.6) is 11.5 Å². The van der Waals surface area contributed by atoms with E-state index in [1.165, 1.54) is 0 Å². The average molecular weight is 491 g/mol. The summed E-state index contributed by atoms with van der Waals surface area (Å²) in [5, 5.41) is 36.7. The number of aromatic hydroxyl groups is 2. The predicted octanol–water partition coefficient (Wildman–Crippen LogP) is 4.16. The van der Waals surface area contributed by atoms with Crippen molar-refractivity contribution in [2.24, 2.45) is 0 Å². The first kappa shape index (κ1) is 21.1. The number of nitrogens with zero attached hydrogens (tertiary/aromatic N) is 2. The van der Waals surface area contributed by atoms with Crippen LogP contribution in [-0.4, -0.2) is 21.6 Å². The predicted molar refractivity (Wildman–Crippen MR) is 92.0 cm³/mol. The molecular weight excluding hydrogens is 471 g/mol. The van der Waals surface area contributed by atoms with Crippen molar-refractivity contribution in [3.8, 4) is 11.5 Å². The van der Waals surface area contributed by atoms with E-state index in [0.29, 0.717) is 11.1 Å². The van der Waals surface area contributed by atoms with Crippen molar-refractivity contribution < 1.29 is 31.3 Å². The Morgan fingerprint density at radius 2 is 1.04 bits per heavy atom. The Hall–Kier alpha value is -1.93. The Morgan fingerprint density at radius 1 is 0.739 bits per heavy atom. The minimum absolute atomic E-state index is 0. The van der Waals surface area contributed by atoms with Crippen molar-refractivity contribution in [1.82, 2.24) is 0 Å². The smallest absolute Gasteiger partial charge is 0.807 e. The van der Waals surface area contributed by atoms with Crippen molar-refractivity contribution in [2.45, 2.75) is 27.7 Å². The van der Waals surface area contributed by atoms with Crippen molar-refractivity contribution >= 4 is 11.4 Å². The molecule has 2 N–H and O–H groups in total. The first-order valence-electron chi connectivity index (χ1n) is 6.87. The molecule has 124 valence electrons. The van der Waals surface area contributed by atoms with Crippen LogP contribution < -0.4 is 0 Å². The first-order valence-corrected chi connectivity index (χ1v) is 6.87. The van der Waals surface area contributed by atoms with Crippen molar-refractivity contribution in [2.75, 3.05) is 0 Å². The summed E-state index contributed by atoms with van der Waals surface area (Å²) in [5.74, 6) is 0.259. The number of rotatable bonds is 2. The molecule has 0 radical (unpaired) electrons. The third kappa shape index (κ3) is 6.37. The molecule has 0 unspecified atom stereocenters. The van der Waals surface area contributed by atoms with Crippen LogP contribution in [0.15, 0.2) is 36.4 Å². The molecule has 23 heavy (non-hydrogen) atoms. The fourth-order valence-corrected chi connectivity index (χ4v) is 1.90. The van der Waals surface area contributed by atoms with E-state index < -0.39 is 0 Å². The molecule has 0 atom stereocenters. The molecule has 0 aliphatic heterocycles. The number of hydrogen-bond donors (Lipinski definition) is 2. The van der Waals surface area contributed by atoms with Crippen LogP contribution >= 0.6 is 0 Å². The number of phenolic OH excluding ortho intramolecular Hbond substituents is 2. The summed E-state index contributed by atoms with van der Waals surface area (Å²) in [6, 6.07) is 10.3. The second-order valence-electron chi connectivity index (χ2n) is 5.21. The molecule has 5 heteroatoms. The Bertz CT molecular complexity index is 651. The fraction of sp³-hybridized carbons (Fsp3) is 0.222. The van der Waals surface area contributed by atoms with Gasteiger partial charge in [-0.2, -0.15) is 11.4 Å². The van der Waals surface area contributed by atoms with Crippen LogP contribution in [0, 0.1) is 13.8 Å². The van der Waals surface area contributed by atoms with Crippen LogP contribution in [0.1, 0.15) is 36.1 Å². The molecule has 0 aliphatic carbocycles. The molecule has 2 rings (SSSR count). The Balaban J connectivity index is 0.000000403. The Labute approximate surface area is 151 Å².